The molecule has 1 aliphatic rings. The lowest BCUT2D eigenvalue weighted by atomic mass is 9.84. The minimum atomic E-state index is -0.774. The summed E-state index contributed by atoms with van der Waals surface area (Å²) in [5.41, 5.74) is -0.728. The smallest absolute Gasteiger partial charge is 0.311 e. The average molecular weight is 374 g/mol. The predicted octanol–water partition coefficient (Wildman–Crippen LogP) is 3.55. The maximum atomic E-state index is 12.2. The summed E-state index contributed by atoms with van der Waals surface area (Å²) >= 11 is 5.12. The quantitative estimate of drug-likeness (QED) is 0.829. The largest absolute Gasteiger partial charge is 0.481 e. The maximum absolute atomic E-state index is 12.2. The highest BCUT2D eigenvalue weighted by Gasteiger charge is 2.44. The first-order chi connectivity index (χ1) is 9.97. The van der Waals surface area contributed by atoms with Crippen molar-refractivity contribution >= 4 is 39.1 Å². The van der Waals surface area contributed by atoms with E-state index in [0.717, 1.165) is 16.6 Å². The molecule has 2 rings (SSSR count). The second kappa shape index (κ2) is 6.92. The van der Waals surface area contributed by atoms with E-state index in [4.69, 9.17) is 0 Å². The Labute approximate surface area is 137 Å². The summed E-state index contributed by atoms with van der Waals surface area (Å²) < 4.78 is 1.11. The first-order valence-corrected chi connectivity index (χ1v) is 8.83. The molecule has 1 aromatic rings. The number of aliphatic carboxylic acids is 1. The number of nitrogens with zero attached hydrogens (tertiary/aromatic N) is 1. The van der Waals surface area contributed by atoms with Crippen LogP contribution in [0.2, 0.25) is 0 Å². The van der Waals surface area contributed by atoms with Crippen LogP contribution in [-0.2, 0) is 16.0 Å². The second-order valence-electron chi connectivity index (χ2n) is 5.56. The highest BCUT2D eigenvalue weighted by molar-refractivity contribution is 9.11. The highest BCUT2D eigenvalue weighted by Crippen LogP contribution is 2.34. The van der Waals surface area contributed by atoms with Gasteiger partial charge >= 0.3 is 5.97 Å². The van der Waals surface area contributed by atoms with E-state index in [0.29, 0.717) is 32.4 Å². The van der Waals surface area contributed by atoms with E-state index in [1.54, 1.807) is 16.2 Å². The van der Waals surface area contributed by atoms with Crippen LogP contribution in [0.25, 0.3) is 0 Å². The Morgan fingerprint density at radius 1 is 1.48 bits per heavy atom. The molecule has 21 heavy (non-hydrogen) atoms. The van der Waals surface area contributed by atoms with Crippen molar-refractivity contribution in [1.82, 2.24) is 4.90 Å². The molecule has 1 unspecified atom stereocenters. The third-order valence-corrected chi connectivity index (χ3v) is 5.96. The van der Waals surface area contributed by atoms with Gasteiger partial charge in [-0.1, -0.05) is 6.92 Å². The van der Waals surface area contributed by atoms with Gasteiger partial charge in [0, 0.05) is 24.4 Å². The lowest BCUT2D eigenvalue weighted by Gasteiger charge is -2.23. The number of carbonyl (C=O) groups excluding carboxylic acids is 1. The van der Waals surface area contributed by atoms with Gasteiger partial charge in [0.1, 0.15) is 0 Å². The standard InChI is InChI=1S/C15H20BrNO3S/c1-2-15(14(19)20)8-9-17(10-15)13(18)5-3-4-11-6-7-12(16)21-11/h6-7H,2-5,8-10H2,1H3,(H,19,20). The predicted molar refractivity (Wildman–Crippen MR) is 86.5 cm³/mol. The molecule has 1 amide bonds. The van der Waals surface area contributed by atoms with E-state index in [1.807, 2.05) is 13.0 Å². The van der Waals surface area contributed by atoms with E-state index >= 15 is 0 Å². The molecule has 1 saturated heterocycles. The van der Waals surface area contributed by atoms with Crippen molar-refractivity contribution in [3.8, 4) is 0 Å². The summed E-state index contributed by atoms with van der Waals surface area (Å²) in [6.45, 7) is 2.82. The molecular weight excluding hydrogens is 354 g/mol. The SMILES string of the molecule is CCC1(C(=O)O)CCN(C(=O)CCCc2ccc(Br)s2)C1. The Morgan fingerprint density at radius 2 is 2.24 bits per heavy atom. The zero-order valence-electron chi connectivity index (χ0n) is 12.1. The van der Waals surface area contributed by atoms with Gasteiger partial charge in [-0.2, -0.15) is 0 Å². The van der Waals surface area contributed by atoms with E-state index < -0.39 is 11.4 Å². The van der Waals surface area contributed by atoms with E-state index in [2.05, 4.69) is 22.0 Å². The van der Waals surface area contributed by atoms with Gasteiger partial charge in [-0.25, -0.2) is 0 Å². The summed E-state index contributed by atoms with van der Waals surface area (Å²) in [7, 11) is 0. The molecular formula is C15H20BrNO3S. The van der Waals surface area contributed by atoms with Crippen molar-refractivity contribution in [3.63, 3.8) is 0 Å². The van der Waals surface area contributed by atoms with Crippen LogP contribution in [0.1, 0.15) is 37.5 Å². The first kappa shape index (κ1) is 16.5. The third kappa shape index (κ3) is 3.86. The zero-order valence-corrected chi connectivity index (χ0v) is 14.5. The highest BCUT2D eigenvalue weighted by atomic mass is 79.9. The first-order valence-electron chi connectivity index (χ1n) is 7.22. The molecule has 4 nitrogen and oxygen atoms in total. The number of aryl methyl sites for hydroxylation is 1. The van der Waals surface area contributed by atoms with Crippen molar-refractivity contribution in [3.05, 3.63) is 20.8 Å². The molecule has 0 radical (unpaired) electrons. The third-order valence-electron chi connectivity index (χ3n) is 4.28. The van der Waals surface area contributed by atoms with Gasteiger partial charge in [0.05, 0.1) is 9.20 Å². The minimum absolute atomic E-state index is 0.0854. The summed E-state index contributed by atoms with van der Waals surface area (Å²) in [4.78, 5) is 26.6. The molecule has 1 N–H and O–H groups in total. The molecule has 0 aromatic carbocycles. The van der Waals surface area contributed by atoms with Crippen LogP contribution < -0.4 is 0 Å². The van der Waals surface area contributed by atoms with Gasteiger partial charge in [0.2, 0.25) is 5.91 Å². The number of carboxylic acid groups (broad SMARTS) is 1. The number of likely N-dealkylation sites (tertiary alicyclic amines) is 1. The van der Waals surface area contributed by atoms with Gasteiger partial charge in [0.25, 0.3) is 0 Å². The van der Waals surface area contributed by atoms with Crippen LogP contribution in [0.4, 0.5) is 0 Å². The summed E-state index contributed by atoms with van der Waals surface area (Å²) in [5.74, 6) is -0.689. The Bertz CT molecular complexity index is 531. The fraction of sp³-hybridized carbons (Fsp3) is 0.600. The Hall–Kier alpha value is -0.880. The molecule has 0 bridgehead atoms. The number of carbonyl (C=O) groups is 2. The summed E-state index contributed by atoms with van der Waals surface area (Å²) in [5, 5.41) is 9.35. The van der Waals surface area contributed by atoms with Crippen LogP contribution in [0, 0.1) is 5.41 Å². The minimum Gasteiger partial charge on any atom is -0.481 e. The maximum Gasteiger partial charge on any atom is 0.311 e. The van der Waals surface area contributed by atoms with Crippen molar-refractivity contribution in [2.45, 2.75) is 39.0 Å². The molecule has 1 fully saturated rings. The van der Waals surface area contributed by atoms with Crippen molar-refractivity contribution in [1.29, 1.82) is 0 Å². The number of amides is 1. The van der Waals surface area contributed by atoms with Gasteiger partial charge in [0.15, 0.2) is 0 Å². The average Bonchev–Trinajstić information content (AvgIpc) is 3.06. The monoisotopic (exact) mass is 373 g/mol. The zero-order chi connectivity index (χ0) is 15.5. The summed E-state index contributed by atoms with van der Waals surface area (Å²) in [6.07, 6.45) is 3.36. The van der Waals surface area contributed by atoms with E-state index in [-0.39, 0.29) is 5.91 Å². The molecule has 2 heterocycles. The number of hydrogen-bond donors (Lipinski definition) is 1. The lowest BCUT2D eigenvalue weighted by molar-refractivity contribution is -0.148. The fourth-order valence-electron chi connectivity index (χ4n) is 2.76. The molecule has 116 valence electrons. The Morgan fingerprint density at radius 3 is 2.76 bits per heavy atom. The van der Waals surface area contributed by atoms with E-state index in [1.165, 1.54) is 4.88 Å². The number of halogens is 1. The fourth-order valence-corrected chi connectivity index (χ4v) is 4.28. The summed E-state index contributed by atoms with van der Waals surface area (Å²) in [6, 6.07) is 4.09. The van der Waals surface area contributed by atoms with Gasteiger partial charge < -0.3 is 10.0 Å². The Balaban J connectivity index is 1.80. The van der Waals surface area contributed by atoms with Gasteiger partial charge in [-0.3, -0.25) is 9.59 Å². The molecule has 0 aliphatic carbocycles. The van der Waals surface area contributed by atoms with Gasteiger partial charge in [-0.15, -0.1) is 11.3 Å². The Kier molecular flexibility index (Phi) is 5.43. The van der Waals surface area contributed by atoms with E-state index in [9.17, 15) is 14.7 Å². The topological polar surface area (TPSA) is 57.6 Å². The van der Waals surface area contributed by atoms with Crippen LogP contribution in [0.15, 0.2) is 15.9 Å². The number of rotatable bonds is 6. The van der Waals surface area contributed by atoms with Crippen LogP contribution >= 0.6 is 27.3 Å². The van der Waals surface area contributed by atoms with Crippen LogP contribution in [0.3, 0.4) is 0 Å². The van der Waals surface area contributed by atoms with Crippen molar-refractivity contribution < 1.29 is 14.7 Å². The number of carboxylic acids is 1. The number of hydrogen-bond acceptors (Lipinski definition) is 3. The molecule has 1 aromatic heterocycles. The molecule has 6 heteroatoms. The van der Waals surface area contributed by atoms with Crippen LogP contribution in [-0.4, -0.2) is 35.0 Å². The van der Waals surface area contributed by atoms with Gasteiger partial charge in [-0.05, 0) is 53.7 Å². The number of thiophene rings is 1. The van der Waals surface area contributed by atoms with Crippen molar-refractivity contribution in [2.75, 3.05) is 13.1 Å². The van der Waals surface area contributed by atoms with Crippen LogP contribution in [0.5, 0.6) is 0 Å². The molecule has 1 atom stereocenters. The molecule has 0 saturated carbocycles. The lowest BCUT2D eigenvalue weighted by Crippen LogP contribution is -2.36. The molecule has 0 spiro atoms. The second-order valence-corrected chi connectivity index (χ2v) is 8.11. The normalized spacial score (nSPS) is 21.7. The van der Waals surface area contributed by atoms with Crippen molar-refractivity contribution in [2.24, 2.45) is 5.41 Å². The molecule has 1 aliphatic heterocycles.